The molecule has 1 heterocycles. The Labute approximate surface area is 131 Å². The first-order valence-corrected chi connectivity index (χ1v) is 10.7. The van der Waals surface area contributed by atoms with Crippen LogP contribution in [0.5, 0.6) is 0 Å². The first kappa shape index (κ1) is 18.3. The molecule has 0 aromatic rings. The van der Waals surface area contributed by atoms with E-state index in [0.29, 0.717) is 19.5 Å². The highest BCUT2D eigenvalue weighted by Gasteiger charge is 2.23. The van der Waals surface area contributed by atoms with Crippen molar-refractivity contribution in [3.63, 3.8) is 0 Å². The molecule has 0 aromatic heterocycles. The van der Waals surface area contributed by atoms with Gasteiger partial charge in [0.15, 0.2) is 0 Å². The quantitative estimate of drug-likeness (QED) is 0.732. The highest BCUT2D eigenvalue weighted by Crippen LogP contribution is 2.47. The largest absolute Gasteiger partial charge is 0.338 e. The van der Waals surface area contributed by atoms with E-state index < -0.39 is 10.0 Å². The lowest BCUT2D eigenvalue weighted by atomic mass is 10.2. The molecule has 5 heteroatoms. The molecule has 0 radical (unpaired) electrons. The van der Waals surface area contributed by atoms with Crippen molar-refractivity contribution in [2.45, 2.75) is 52.9 Å². The number of likely N-dealkylation sites (tertiary alicyclic amines) is 1. The molecule has 3 amide bonds. The Morgan fingerprint density at radius 1 is 1.14 bits per heavy atom. The van der Waals surface area contributed by atoms with Crippen LogP contribution in [0.15, 0.2) is 0 Å². The summed E-state index contributed by atoms with van der Waals surface area (Å²) < 4.78 is 0. The Hall–Kier alpha value is -0.710. The molecule has 0 bridgehead atoms. The Balaban J connectivity index is 2.34. The van der Waals surface area contributed by atoms with Gasteiger partial charge in [0.2, 0.25) is 5.91 Å². The van der Waals surface area contributed by atoms with Crippen molar-refractivity contribution < 1.29 is 9.59 Å². The molecule has 21 heavy (non-hydrogen) atoms. The second kappa shape index (κ2) is 9.34. The molecule has 0 saturated carbocycles. The van der Waals surface area contributed by atoms with Crippen molar-refractivity contribution >= 4 is 22.0 Å². The fourth-order valence-electron chi connectivity index (χ4n) is 2.91. The second-order valence-electron chi connectivity index (χ2n) is 5.74. The smallest absolute Gasteiger partial charge is 0.324 e. The van der Waals surface area contributed by atoms with Crippen LogP contribution in [0.2, 0.25) is 0 Å². The van der Waals surface area contributed by atoms with Crippen LogP contribution in [0.25, 0.3) is 0 Å². The van der Waals surface area contributed by atoms with Gasteiger partial charge in [-0.1, -0.05) is 27.2 Å². The molecule has 1 rings (SSSR count). The average Bonchev–Trinajstić information content (AvgIpc) is 2.72. The second-order valence-corrected chi connectivity index (χ2v) is 10.3. The summed E-state index contributed by atoms with van der Waals surface area (Å²) in [5.74, 6) is 5.04. The third-order valence-electron chi connectivity index (χ3n) is 4.69. The predicted octanol–water partition coefficient (Wildman–Crippen LogP) is 3.35. The van der Waals surface area contributed by atoms with Crippen molar-refractivity contribution in [1.82, 2.24) is 10.2 Å². The van der Waals surface area contributed by atoms with Crippen LogP contribution in [0.3, 0.4) is 0 Å². The summed E-state index contributed by atoms with van der Waals surface area (Å²) >= 11 is 0. The number of carbonyl (C=O) groups excluding carboxylic acids is 2. The van der Waals surface area contributed by atoms with Gasteiger partial charge in [-0.3, -0.25) is 9.69 Å². The average molecular weight is 317 g/mol. The zero-order valence-electron chi connectivity index (χ0n) is 14.0. The van der Waals surface area contributed by atoms with Gasteiger partial charge in [-0.2, -0.15) is 0 Å². The SMILES string of the molecule is CCS(CC)(CC)CCCNC(=O)N1CCCCCC1=O. The van der Waals surface area contributed by atoms with Gasteiger partial charge in [0.05, 0.1) is 0 Å². The van der Waals surface area contributed by atoms with Crippen LogP contribution in [0, 0.1) is 0 Å². The third kappa shape index (κ3) is 5.53. The van der Waals surface area contributed by atoms with Crippen molar-refractivity contribution in [2.75, 3.05) is 36.1 Å². The van der Waals surface area contributed by atoms with Crippen LogP contribution in [-0.4, -0.2) is 52.9 Å². The van der Waals surface area contributed by atoms with Crippen molar-refractivity contribution in [3.8, 4) is 0 Å². The number of nitrogens with zero attached hydrogens (tertiary/aromatic N) is 1. The molecule has 0 aliphatic carbocycles. The standard InChI is InChI=1S/C16H32N2O2S/c1-4-21(5-2,6-3)14-10-12-17-16(20)18-13-9-7-8-11-15(18)19/h4-14H2,1-3H3,(H,17,20). The summed E-state index contributed by atoms with van der Waals surface area (Å²) in [7, 11) is -0.481. The molecule has 4 nitrogen and oxygen atoms in total. The maximum Gasteiger partial charge on any atom is 0.324 e. The highest BCUT2D eigenvalue weighted by molar-refractivity contribution is 8.33. The molecule has 0 unspecified atom stereocenters. The minimum atomic E-state index is -0.481. The molecular weight excluding hydrogens is 284 g/mol. The summed E-state index contributed by atoms with van der Waals surface area (Å²) in [4.78, 5) is 25.4. The lowest BCUT2D eigenvalue weighted by Crippen LogP contribution is -2.44. The molecule has 1 N–H and O–H groups in total. The van der Waals surface area contributed by atoms with E-state index in [9.17, 15) is 9.59 Å². The van der Waals surface area contributed by atoms with Gasteiger partial charge in [-0.15, -0.1) is 0 Å². The Kier molecular flexibility index (Phi) is 8.15. The van der Waals surface area contributed by atoms with Gasteiger partial charge in [-0.25, -0.2) is 14.8 Å². The number of nitrogens with one attached hydrogen (secondary N) is 1. The van der Waals surface area contributed by atoms with Gasteiger partial charge in [0, 0.05) is 19.5 Å². The van der Waals surface area contributed by atoms with E-state index in [1.54, 1.807) is 0 Å². The minimum absolute atomic E-state index is 0.0133. The zero-order valence-corrected chi connectivity index (χ0v) is 14.8. The van der Waals surface area contributed by atoms with E-state index in [1.165, 1.54) is 27.9 Å². The summed E-state index contributed by atoms with van der Waals surface area (Å²) in [6.07, 6.45) is 4.44. The molecular formula is C16H32N2O2S. The molecule has 1 aliphatic rings. The van der Waals surface area contributed by atoms with Crippen LogP contribution in [-0.2, 0) is 4.79 Å². The lowest BCUT2D eigenvalue weighted by molar-refractivity contribution is -0.127. The monoisotopic (exact) mass is 316 g/mol. The Morgan fingerprint density at radius 3 is 2.43 bits per heavy atom. The molecule has 0 spiro atoms. The number of hydrogen-bond donors (Lipinski definition) is 1. The lowest BCUT2D eigenvalue weighted by Gasteiger charge is -2.37. The number of hydrogen-bond acceptors (Lipinski definition) is 2. The molecule has 1 fully saturated rings. The van der Waals surface area contributed by atoms with Gasteiger partial charge in [0.25, 0.3) is 0 Å². The van der Waals surface area contributed by atoms with E-state index >= 15 is 0 Å². The van der Waals surface area contributed by atoms with Gasteiger partial charge >= 0.3 is 6.03 Å². The van der Waals surface area contributed by atoms with Gasteiger partial charge < -0.3 is 5.32 Å². The Morgan fingerprint density at radius 2 is 1.81 bits per heavy atom. The summed E-state index contributed by atoms with van der Waals surface area (Å²) in [6.45, 7) is 8.14. The summed E-state index contributed by atoms with van der Waals surface area (Å²) in [6, 6.07) is -0.188. The normalized spacial score (nSPS) is 17.5. The van der Waals surface area contributed by atoms with Crippen LogP contribution in [0.4, 0.5) is 4.79 Å². The number of amides is 3. The van der Waals surface area contributed by atoms with Crippen molar-refractivity contribution in [1.29, 1.82) is 0 Å². The number of rotatable bonds is 7. The molecule has 124 valence electrons. The van der Waals surface area contributed by atoms with E-state index in [1.807, 2.05) is 0 Å². The van der Waals surface area contributed by atoms with Crippen LogP contribution < -0.4 is 5.32 Å². The third-order valence-corrected chi connectivity index (χ3v) is 9.51. The highest BCUT2D eigenvalue weighted by atomic mass is 32.3. The van der Waals surface area contributed by atoms with Gasteiger partial charge in [0.1, 0.15) is 0 Å². The molecule has 0 atom stereocenters. The summed E-state index contributed by atoms with van der Waals surface area (Å²) in [5.41, 5.74) is 0. The van der Waals surface area contributed by atoms with Crippen LogP contribution >= 0.6 is 10.0 Å². The minimum Gasteiger partial charge on any atom is -0.338 e. The molecule has 1 aliphatic heterocycles. The Bertz CT molecular complexity index is 335. The predicted molar refractivity (Wildman–Crippen MR) is 92.3 cm³/mol. The first-order valence-electron chi connectivity index (χ1n) is 8.40. The topological polar surface area (TPSA) is 49.4 Å². The van der Waals surface area contributed by atoms with E-state index in [-0.39, 0.29) is 11.9 Å². The number of imide groups is 1. The van der Waals surface area contributed by atoms with Crippen molar-refractivity contribution in [3.05, 3.63) is 0 Å². The number of carbonyl (C=O) groups is 2. The maximum atomic E-state index is 12.1. The number of urea groups is 1. The fourth-order valence-corrected chi connectivity index (χ4v) is 5.76. The molecule has 1 saturated heterocycles. The fraction of sp³-hybridized carbons (Fsp3) is 0.875. The van der Waals surface area contributed by atoms with E-state index in [0.717, 1.165) is 25.7 Å². The zero-order chi connectivity index (χ0) is 15.7. The van der Waals surface area contributed by atoms with E-state index in [4.69, 9.17) is 0 Å². The van der Waals surface area contributed by atoms with E-state index in [2.05, 4.69) is 26.1 Å². The maximum absolute atomic E-state index is 12.1. The first-order chi connectivity index (χ1) is 10.1. The van der Waals surface area contributed by atoms with Crippen molar-refractivity contribution in [2.24, 2.45) is 0 Å². The van der Waals surface area contributed by atoms with Crippen LogP contribution in [0.1, 0.15) is 52.9 Å². The van der Waals surface area contributed by atoms with Gasteiger partial charge in [-0.05, 0) is 42.3 Å². The summed E-state index contributed by atoms with van der Waals surface area (Å²) in [5, 5.41) is 2.93. The molecule has 0 aromatic carbocycles.